The van der Waals surface area contributed by atoms with Crippen LogP contribution in [-0.2, 0) is 0 Å². The summed E-state index contributed by atoms with van der Waals surface area (Å²) in [6, 6.07) is 12.4. The van der Waals surface area contributed by atoms with E-state index in [1.54, 1.807) is 24.3 Å². The number of rotatable bonds is 4. The van der Waals surface area contributed by atoms with Gasteiger partial charge in [-0.15, -0.1) is 11.3 Å². The number of aromatic hydroxyl groups is 1. The average molecular weight is 410 g/mol. The summed E-state index contributed by atoms with van der Waals surface area (Å²) in [4.78, 5) is 27.7. The standard InChI is InChI=1S/C22H22N2O4S/c1-14-13-19(23-21(26)18-3-2-12-28-18)29-20(14)22(27)24-10-8-16(9-11-24)15-4-6-17(25)7-5-15/h2-7,12-13,16,25H,8-11H2,1H3,(H,23,26). The number of anilines is 1. The quantitative estimate of drug-likeness (QED) is 0.657. The first-order valence-electron chi connectivity index (χ1n) is 9.55. The Labute approximate surface area is 172 Å². The predicted molar refractivity (Wildman–Crippen MR) is 112 cm³/mol. The van der Waals surface area contributed by atoms with Gasteiger partial charge in [-0.1, -0.05) is 12.1 Å². The number of thiophene rings is 1. The molecule has 0 atom stereocenters. The van der Waals surface area contributed by atoms with Crippen LogP contribution in [0, 0.1) is 6.92 Å². The molecule has 1 fully saturated rings. The van der Waals surface area contributed by atoms with Crippen molar-refractivity contribution in [2.75, 3.05) is 18.4 Å². The molecule has 0 saturated carbocycles. The van der Waals surface area contributed by atoms with E-state index < -0.39 is 0 Å². The highest BCUT2D eigenvalue weighted by atomic mass is 32.1. The number of furan rings is 1. The molecule has 0 bridgehead atoms. The highest BCUT2D eigenvalue weighted by Crippen LogP contribution is 2.32. The molecule has 2 N–H and O–H groups in total. The number of piperidine rings is 1. The van der Waals surface area contributed by atoms with Gasteiger partial charge in [0.2, 0.25) is 0 Å². The van der Waals surface area contributed by atoms with Crippen molar-refractivity contribution in [1.29, 1.82) is 0 Å². The first-order chi connectivity index (χ1) is 14.0. The summed E-state index contributed by atoms with van der Waals surface area (Å²) >= 11 is 1.29. The van der Waals surface area contributed by atoms with Crippen LogP contribution in [0.15, 0.2) is 53.1 Å². The zero-order chi connectivity index (χ0) is 20.4. The number of phenolic OH excluding ortho intramolecular Hbond substituents is 1. The fourth-order valence-corrected chi connectivity index (χ4v) is 4.68. The lowest BCUT2D eigenvalue weighted by molar-refractivity contribution is 0.0717. The Balaban J connectivity index is 1.39. The van der Waals surface area contributed by atoms with E-state index in [4.69, 9.17) is 4.42 Å². The van der Waals surface area contributed by atoms with E-state index in [-0.39, 0.29) is 23.3 Å². The minimum atomic E-state index is -0.329. The molecule has 1 aliphatic rings. The van der Waals surface area contributed by atoms with Crippen molar-refractivity contribution in [3.63, 3.8) is 0 Å². The second kappa shape index (κ2) is 8.13. The normalized spacial score (nSPS) is 14.7. The Bertz CT molecular complexity index is 1000. The zero-order valence-electron chi connectivity index (χ0n) is 16.1. The number of benzene rings is 1. The van der Waals surface area contributed by atoms with E-state index in [0.29, 0.717) is 28.9 Å². The van der Waals surface area contributed by atoms with E-state index in [9.17, 15) is 14.7 Å². The third kappa shape index (κ3) is 4.19. The van der Waals surface area contributed by atoms with Gasteiger partial charge in [-0.3, -0.25) is 9.59 Å². The van der Waals surface area contributed by atoms with Crippen LogP contribution in [0.2, 0.25) is 0 Å². The molecular weight excluding hydrogens is 388 g/mol. The summed E-state index contributed by atoms with van der Waals surface area (Å²) in [5, 5.41) is 12.9. The van der Waals surface area contributed by atoms with Gasteiger partial charge < -0.3 is 19.7 Å². The highest BCUT2D eigenvalue weighted by Gasteiger charge is 2.27. The molecule has 1 aliphatic heterocycles. The summed E-state index contributed by atoms with van der Waals surface area (Å²) in [7, 11) is 0. The van der Waals surface area contributed by atoms with E-state index >= 15 is 0 Å². The van der Waals surface area contributed by atoms with Crippen molar-refractivity contribution in [3.8, 4) is 5.75 Å². The molecule has 0 aliphatic carbocycles. The molecule has 150 valence electrons. The average Bonchev–Trinajstić information content (AvgIpc) is 3.38. The smallest absolute Gasteiger partial charge is 0.291 e. The maximum Gasteiger partial charge on any atom is 0.291 e. The van der Waals surface area contributed by atoms with Gasteiger partial charge >= 0.3 is 0 Å². The molecule has 6 nitrogen and oxygen atoms in total. The number of likely N-dealkylation sites (tertiary alicyclic amines) is 1. The Morgan fingerprint density at radius 2 is 1.90 bits per heavy atom. The van der Waals surface area contributed by atoms with E-state index in [0.717, 1.165) is 18.4 Å². The molecule has 2 amide bonds. The van der Waals surface area contributed by atoms with Crippen LogP contribution in [0.1, 0.15) is 50.1 Å². The summed E-state index contributed by atoms with van der Waals surface area (Å²) < 4.78 is 5.10. The number of hydrogen-bond donors (Lipinski definition) is 2. The van der Waals surface area contributed by atoms with Crippen molar-refractivity contribution in [2.45, 2.75) is 25.7 Å². The number of phenols is 1. The van der Waals surface area contributed by atoms with Crippen molar-refractivity contribution in [1.82, 2.24) is 4.90 Å². The highest BCUT2D eigenvalue weighted by molar-refractivity contribution is 7.18. The second-order valence-electron chi connectivity index (χ2n) is 7.21. The van der Waals surface area contributed by atoms with Gasteiger partial charge in [0, 0.05) is 13.1 Å². The van der Waals surface area contributed by atoms with Crippen LogP contribution in [0.3, 0.4) is 0 Å². The Hall–Kier alpha value is -3.06. The lowest BCUT2D eigenvalue weighted by atomic mass is 9.89. The van der Waals surface area contributed by atoms with Crippen LogP contribution < -0.4 is 5.32 Å². The van der Waals surface area contributed by atoms with Crippen molar-refractivity contribution < 1.29 is 19.1 Å². The number of carbonyl (C=O) groups is 2. The van der Waals surface area contributed by atoms with Gasteiger partial charge in [0.05, 0.1) is 16.1 Å². The molecule has 1 saturated heterocycles. The number of hydrogen-bond acceptors (Lipinski definition) is 5. The van der Waals surface area contributed by atoms with Crippen LogP contribution in [0.25, 0.3) is 0 Å². The molecule has 1 aromatic carbocycles. The van der Waals surface area contributed by atoms with E-state index in [1.807, 2.05) is 30.0 Å². The Morgan fingerprint density at radius 3 is 2.55 bits per heavy atom. The third-order valence-electron chi connectivity index (χ3n) is 5.24. The minimum absolute atomic E-state index is 0.00940. The maximum atomic E-state index is 13.0. The summed E-state index contributed by atoms with van der Waals surface area (Å²) in [6.45, 7) is 3.26. The fourth-order valence-electron chi connectivity index (χ4n) is 3.64. The monoisotopic (exact) mass is 410 g/mol. The molecule has 3 heterocycles. The van der Waals surface area contributed by atoms with E-state index in [2.05, 4.69) is 5.32 Å². The van der Waals surface area contributed by atoms with Gasteiger partial charge in [-0.25, -0.2) is 0 Å². The zero-order valence-corrected chi connectivity index (χ0v) is 16.9. The number of nitrogens with one attached hydrogen (secondary N) is 1. The van der Waals surface area contributed by atoms with E-state index in [1.165, 1.54) is 23.2 Å². The van der Waals surface area contributed by atoms with Gasteiger partial charge in [0.15, 0.2) is 5.76 Å². The number of aryl methyl sites for hydroxylation is 1. The molecule has 3 aromatic rings. The SMILES string of the molecule is Cc1cc(NC(=O)c2ccco2)sc1C(=O)N1CCC(c2ccc(O)cc2)CC1. The lowest BCUT2D eigenvalue weighted by Crippen LogP contribution is -2.37. The van der Waals surface area contributed by atoms with Gasteiger partial charge in [0.25, 0.3) is 11.8 Å². The number of carbonyl (C=O) groups excluding carboxylic acids is 2. The lowest BCUT2D eigenvalue weighted by Gasteiger charge is -2.32. The molecule has 0 unspecified atom stereocenters. The van der Waals surface area contributed by atoms with Crippen molar-refractivity contribution in [2.24, 2.45) is 0 Å². The first kappa shape index (κ1) is 19.3. The fraction of sp³-hybridized carbons (Fsp3) is 0.273. The third-order valence-corrected chi connectivity index (χ3v) is 6.38. The topological polar surface area (TPSA) is 82.8 Å². The predicted octanol–water partition coefficient (Wildman–Crippen LogP) is 4.63. The van der Waals surface area contributed by atoms with Crippen molar-refractivity contribution in [3.05, 3.63) is 70.5 Å². The minimum Gasteiger partial charge on any atom is -0.508 e. The Morgan fingerprint density at radius 1 is 1.17 bits per heavy atom. The van der Waals surface area contributed by atoms with Gasteiger partial charge in [0.1, 0.15) is 5.75 Å². The summed E-state index contributed by atoms with van der Waals surface area (Å²) in [5.74, 6) is 0.581. The molecule has 0 radical (unpaired) electrons. The summed E-state index contributed by atoms with van der Waals surface area (Å²) in [6.07, 6.45) is 3.23. The van der Waals surface area contributed by atoms with Crippen molar-refractivity contribution >= 4 is 28.2 Å². The van der Waals surface area contributed by atoms with Gasteiger partial charge in [-0.2, -0.15) is 0 Å². The molecular formula is C22H22N2O4S. The molecule has 2 aromatic heterocycles. The molecule has 0 spiro atoms. The first-order valence-corrected chi connectivity index (χ1v) is 10.4. The van der Waals surface area contributed by atoms with Gasteiger partial charge in [-0.05, 0) is 67.1 Å². The van der Waals surface area contributed by atoms with Crippen LogP contribution >= 0.6 is 11.3 Å². The van der Waals surface area contributed by atoms with Crippen LogP contribution in [0.4, 0.5) is 5.00 Å². The second-order valence-corrected chi connectivity index (χ2v) is 8.26. The van der Waals surface area contributed by atoms with Crippen LogP contribution in [-0.4, -0.2) is 34.9 Å². The molecule has 7 heteroatoms. The molecule has 29 heavy (non-hydrogen) atoms. The summed E-state index contributed by atoms with van der Waals surface area (Å²) in [5.41, 5.74) is 2.06. The van der Waals surface area contributed by atoms with Crippen LogP contribution in [0.5, 0.6) is 5.75 Å². The number of nitrogens with zero attached hydrogens (tertiary/aromatic N) is 1. The maximum absolute atomic E-state index is 13.0. The largest absolute Gasteiger partial charge is 0.508 e. The Kier molecular flexibility index (Phi) is 5.40. The molecule has 4 rings (SSSR count). The number of amides is 2.